The molecule has 0 heterocycles. The van der Waals surface area contributed by atoms with E-state index in [1.165, 1.54) is 8.05 Å². The molecule has 1 N–H and O–H groups in total. The van der Waals surface area contributed by atoms with Gasteiger partial charge in [0.25, 0.3) is 5.97 Å². The van der Waals surface area contributed by atoms with Crippen molar-refractivity contribution in [3.63, 3.8) is 0 Å². The number of carboxylic acid groups (broad SMARTS) is 1. The van der Waals surface area contributed by atoms with E-state index in [4.69, 9.17) is 5.11 Å². The maximum atomic E-state index is 11.4. The lowest BCUT2D eigenvalue weighted by Gasteiger charge is -2.25. The zero-order valence-electron chi connectivity index (χ0n) is 9.82. The predicted octanol–water partition coefficient (Wildman–Crippen LogP) is 0.851. The minimum atomic E-state index is -0.958. The number of rotatable bonds is 6. The third-order valence-corrected chi connectivity index (χ3v) is 3.07. The lowest BCUT2D eigenvalue weighted by molar-refractivity contribution is -0.148. The molecule has 3 atom stereocenters. The van der Waals surface area contributed by atoms with Gasteiger partial charge in [0.15, 0.2) is 0 Å². The Bertz CT molecular complexity index is 229. The van der Waals surface area contributed by atoms with Crippen molar-refractivity contribution < 1.29 is 19.3 Å². The van der Waals surface area contributed by atoms with E-state index in [0.29, 0.717) is 5.92 Å². The van der Waals surface area contributed by atoms with Crippen LogP contribution in [0.3, 0.4) is 0 Å². The summed E-state index contributed by atoms with van der Waals surface area (Å²) in [7, 11) is 1.29. The van der Waals surface area contributed by atoms with Gasteiger partial charge in [-0.25, -0.2) is 0 Å². The molecule has 0 saturated carbocycles. The van der Waals surface area contributed by atoms with Crippen LogP contribution in [-0.2, 0) is 14.2 Å². The third kappa shape index (κ3) is 4.36. The molecule has 0 aromatic rings. The summed E-state index contributed by atoms with van der Waals surface area (Å²) in [6.45, 7) is 5.94. The Balaban J connectivity index is 4.61. The van der Waals surface area contributed by atoms with Crippen molar-refractivity contribution >= 4 is 20.0 Å². The van der Waals surface area contributed by atoms with Crippen LogP contribution >= 0.6 is 0 Å². The van der Waals surface area contributed by atoms with Crippen LogP contribution in [0.5, 0.6) is 0 Å². The highest BCUT2D eigenvalue weighted by atomic mass is 16.5. The van der Waals surface area contributed by atoms with Crippen molar-refractivity contribution in [2.45, 2.75) is 33.6 Å². The Morgan fingerprint density at radius 1 is 1.40 bits per heavy atom. The molecule has 86 valence electrons. The molecule has 5 heteroatoms. The number of hydrogen-bond donors (Lipinski definition) is 1. The zero-order valence-corrected chi connectivity index (χ0v) is 9.82. The quantitative estimate of drug-likeness (QED) is 0.665. The first-order chi connectivity index (χ1) is 6.93. The van der Waals surface area contributed by atoms with E-state index in [2.05, 4.69) is 4.65 Å². The van der Waals surface area contributed by atoms with Crippen LogP contribution in [-0.4, -0.2) is 25.1 Å². The molecule has 3 unspecified atom stereocenters. The summed E-state index contributed by atoms with van der Waals surface area (Å²) in [5.74, 6) is -1.58. The van der Waals surface area contributed by atoms with Gasteiger partial charge in [0.2, 0.25) is 0 Å². The van der Waals surface area contributed by atoms with Gasteiger partial charge in [-0.3, -0.25) is 9.59 Å². The van der Waals surface area contributed by atoms with Crippen molar-refractivity contribution in [2.24, 2.45) is 17.8 Å². The average Bonchev–Trinajstić information content (AvgIpc) is 2.22. The van der Waals surface area contributed by atoms with Gasteiger partial charge in [-0.15, -0.1) is 0 Å². The maximum Gasteiger partial charge on any atom is 0.325 e. The normalized spacial score (nSPS) is 16.5. The largest absolute Gasteiger partial charge is 0.543 e. The first-order valence-corrected chi connectivity index (χ1v) is 5.23. The Morgan fingerprint density at radius 2 is 1.93 bits per heavy atom. The second kappa shape index (κ2) is 6.48. The number of carbonyl (C=O) groups is 2. The summed E-state index contributed by atoms with van der Waals surface area (Å²) in [5, 5.41) is 8.72. The summed E-state index contributed by atoms with van der Waals surface area (Å²) in [5.41, 5.74) is 0. The van der Waals surface area contributed by atoms with E-state index in [-0.39, 0.29) is 12.3 Å². The number of carbonyl (C=O) groups excluding carboxylic acids is 1. The molecule has 0 aromatic carbocycles. The van der Waals surface area contributed by atoms with Crippen LogP contribution in [0.1, 0.15) is 33.6 Å². The molecule has 0 aromatic heterocycles. The monoisotopic (exact) mass is 214 g/mol. The van der Waals surface area contributed by atoms with Gasteiger partial charge >= 0.3 is 14.0 Å². The SMILES string of the molecule is BOC(=O)C(CC(=O)O)C(C)C(C)CC. The van der Waals surface area contributed by atoms with Gasteiger partial charge in [0.05, 0.1) is 12.3 Å². The molecular weight excluding hydrogens is 195 g/mol. The Labute approximate surface area is 91.4 Å². The molecule has 0 aliphatic rings. The maximum absolute atomic E-state index is 11.4. The highest BCUT2D eigenvalue weighted by Crippen LogP contribution is 2.26. The first-order valence-electron chi connectivity index (χ1n) is 5.23. The van der Waals surface area contributed by atoms with Crippen molar-refractivity contribution in [2.75, 3.05) is 0 Å². The van der Waals surface area contributed by atoms with E-state index in [1.54, 1.807) is 0 Å². The van der Waals surface area contributed by atoms with Gasteiger partial charge in [-0.1, -0.05) is 27.2 Å². The topological polar surface area (TPSA) is 63.6 Å². The molecule has 0 rings (SSSR count). The van der Waals surface area contributed by atoms with E-state index >= 15 is 0 Å². The van der Waals surface area contributed by atoms with Crippen LogP contribution in [0.4, 0.5) is 0 Å². The standard InChI is InChI=1S/C10H19BO4/c1-4-6(2)7(3)8(5-9(12)13)10(14)15-11/h6-8H,4-5,11H2,1-3H3,(H,12,13). The molecule has 0 amide bonds. The van der Waals surface area contributed by atoms with Crippen LogP contribution in [0, 0.1) is 17.8 Å². The Hall–Kier alpha value is -0.995. The minimum Gasteiger partial charge on any atom is -0.543 e. The predicted molar refractivity (Wildman–Crippen MR) is 59.0 cm³/mol. The fourth-order valence-electron chi connectivity index (χ4n) is 1.59. The highest BCUT2D eigenvalue weighted by Gasteiger charge is 2.30. The van der Waals surface area contributed by atoms with Gasteiger partial charge < -0.3 is 9.76 Å². The summed E-state index contributed by atoms with van der Waals surface area (Å²) in [4.78, 5) is 22.1. The average molecular weight is 214 g/mol. The molecular formula is C10H19BO4. The van der Waals surface area contributed by atoms with Gasteiger partial charge in [0, 0.05) is 0 Å². The van der Waals surface area contributed by atoms with Crippen LogP contribution in [0.2, 0.25) is 0 Å². The molecule has 0 spiro atoms. The van der Waals surface area contributed by atoms with Crippen LogP contribution < -0.4 is 0 Å². The number of carboxylic acids is 1. The Morgan fingerprint density at radius 3 is 2.27 bits per heavy atom. The first kappa shape index (κ1) is 14.0. The molecule has 0 aliphatic heterocycles. The summed E-state index contributed by atoms with van der Waals surface area (Å²) in [6.07, 6.45) is 0.770. The molecule has 0 aliphatic carbocycles. The van der Waals surface area contributed by atoms with E-state index in [1.807, 2.05) is 20.8 Å². The second-order valence-corrected chi connectivity index (χ2v) is 3.97. The molecule has 0 saturated heterocycles. The summed E-state index contributed by atoms with van der Waals surface area (Å²) >= 11 is 0. The smallest absolute Gasteiger partial charge is 0.325 e. The minimum absolute atomic E-state index is 0.0264. The van der Waals surface area contributed by atoms with Crippen LogP contribution in [0.25, 0.3) is 0 Å². The van der Waals surface area contributed by atoms with Crippen molar-refractivity contribution in [1.82, 2.24) is 0 Å². The van der Waals surface area contributed by atoms with E-state index < -0.39 is 17.9 Å². The molecule has 0 radical (unpaired) electrons. The van der Waals surface area contributed by atoms with Crippen LogP contribution in [0.15, 0.2) is 0 Å². The van der Waals surface area contributed by atoms with Crippen molar-refractivity contribution in [1.29, 1.82) is 0 Å². The zero-order chi connectivity index (χ0) is 12.0. The number of hydrogen-bond acceptors (Lipinski definition) is 3. The van der Waals surface area contributed by atoms with Gasteiger partial charge in [-0.2, -0.15) is 0 Å². The second-order valence-electron chi connectivity index (χ2n) is 3.97. The molecule has 0 fully saturated rings. The third-order valence-electron chi connectivity index (χ3n) is 3.07. The van der Waals surface area contributed by atoms with Gasteiger partial charge in [-0.05, 0) is 11.8 Å². The van der Waals surface area contributed by atoms with E-state index in [9.17, 15) is 9.59 Å². The van der Waals surface area contributed by atoms with Crippen molar-refractivity contribution in [3.8, 4) is 0 Å². The lowest BCUT2D eigenvalue weighted by Crippen LogP contribution is -2.29. The highest BCUT2D eigenvalue weighted by molar-refractivity contribution is 6.06. The van der Waals surface area contributed by atoms with Crippen molar-refractivity contribution in [3.05, 3.63) is 0 Å². The van der Waals surface area contributed by atoms with Gasteiger partial charge in [0.1, 0.15) is 0 Å². The molecule has 15 heavy (non-hydrogen) atoms. The molecule has 0 bridgehead atoms. The molecule has 4 nitrogen and oxygen atoms in total. The summed E-state index contributed by atoms with van der Waals surface area (Å²) in [6, 6.07) is 0. The van der Waals surface area contributed by atoms with E-state index in [0.717, 1.165) is 6.42 Å². The fourth-order valence-corrected chi connectivity index (χ4v) is 1.59. The fraction of sp³-hybridized carbons (Fsp3) is 0.800. The lowest BCUT2D eigenvalue weighted by atomic mass is 9.81. The summed E-state index contributed by atoms with van der Waals surface area (Å²) < 4.78 is 4.63. The number of aliphatic carboxylic acids is 1. The Kier molecular flexibility index (Phi) is 6.05.